The highest BCUT2D eigenvalue weighted by Crippen LogP contribution is 2.36. The Morgan fingerprint density at radius 3 is 2.76 bits per heavy atom. The van der Waals surface area contributed by atoms with E-state index in [1.807, 2.05) is 19.1 Å². The SMILES string of the molecule is C=CC1(F)CC[C@@H](NC(=O)c2ccc(C)cc2)[C@@H](CO)C1. The van der Waals surface area contributed by atoms with Crippen LogP contribution < -0.4 is 5.32 Å². The van der Waals surface area contributed by atoms with Gasteiger partial charge in [-0.3, -0.25) is 4.79 Å². The summed E-state index contributed by atoms with van der Waals surface area (Å²) in [5.41, 5.74) is 0.238. The number of nitrogens with one attached hydrogen (secondary N) is 1. The number of hydrogen-bond donors (Lipinski definition) is 2. The minimum Gasteiger partial charge on any atom is -0.396 e. The van der Waals surface area contributed by atoms with Gasteiger partial charge in [-0.25, -0.2) is 4.39 Å². The van der Waals surface area contributed by atoms with Crippen molar-refractivity contribution in [3.05, 3.63) is 48.0 Å². The fraction of sp³-hybridized carbons (Fsp3) is 0.471. The maximum Gasteiger partial charge on any atom is 0.251 e. The van der Waals surface area contributed by atoms with Gasteiger partial charge in [-0.2, -0.15) is 0 Å². The molecule has 1 aliphatic rings. The van der Waals surface area contributed by atoms with Crippen molar-refractivity contribution in [1.82, 2.24) is 5.32 Å². The zero-order chi connectivity index (χ0) is 15.5. The lowest BCUT2D eigenvalue weighted by Crippen LogP contribution is -2.48. The Kier molecular flexibility index (Phi) is 4.78. The van der Waals surface area contributed by atoms with E-state index in [-0.39, 0.29) is 30.9 Å². The molecular formula is C17H22FNO2. The molecule has 1 amide bonds. The van der Waals surface area contributed by atoms with Crippen molar-refractivity contribution in [2.24, 2.45) is 5.92 Å². The number of amides is 1. The maximum atomic E-state index is 14.3. The van der Waals surface area contributed by atoms with E-state index in [1.54, 1.807) is 12.1 Å². The number of halogens is 1. The van der Waals surface area contributed by atoms with Gasteiger partial charge in [-0.05, 0) is 38.3 Å². The van der Waals surface area contributed by atoms with Gasteiger partial charge in [0.2, 0.25) is 0 Å². The van der Waals surface area contributed by atoms with Gasteiger partial charge in [-0.15, -0.1) is 0 Å². The van der Waals surface area contributed by atoms with E-state index in [4.69, 9.17) is 0 Å². The number of benzene rings is 1. The molecule has 0 heterocycles. The van der Waals surface area contributed by atoms with E-state index in [9.17, 15) is 14.3 Å². The maximum absolute atomic E-state index is 14.3. The molecule has 0 spiro atoms. The molecule has 114 valence electrons. The van der Waals surface area contributed by atoms with Crippen molar-refractivity contribution in [3.8, 4) is 0 Å². The molecule has 1 aromatic rings. The first-order chi connectivity index (χ1) is 9.97. The van der Waals surface area contributed by atoms with E-state index in [2.05, 4.69) is 11.9 Å². The van der Waals surface area contributed by atoms with Crippen LogP contribution in [0.3, 0.4) is 0 Å². The third-order valence-corrected chi connectivity index (χ3v) is 4.27. The fourth-order valence-electron chi connectivity index (χ4n) is 2.84. The first-order valence-corrected chi connectivity index (χ1v) is 7.28. The smallest absolute Gasteiger partial charge is 0.251 e. The van der Waals surface area contributed by atoms with Gasteiger partial charge in [0.1, 0.15) is 5.67 Å². The minimum atomic E-state index is -1.43. The van der Waals surface area contributed by atoms with Crippen LogP contribution in [-0.4, -0.2) is 29.3 Å². The van der Waals surface area contributed by atoms with Crippen molar-refractivity contribution < 1.29 is 14.3 Å². The summed E-state index contributed by atoms with van der Waals surface area (Å²) in [5, 5.41) is 12.4. The van der Waals surface area contributed by atoms with Crippen LogP contribution in [0.2, 0.25) is 0 Å². The molecule has 0 saturated heterocycles. The zero-order valence-electron chi connectivity index (χ0n) is 12.3. The zero-order valence-corrected chi connectivity index (χ0v) is 12.3. The van der Waals surface area contributed by atoms with Gasteiger partial charge in [0.05, 0.1) is 0 Å². The number of alkyl halides is 1. The second kappa shape index (κ2) is 6.39. The van der Waals surface area contributed by atoms with Crippen LogP contribution in [0, 0.1) is 12.8 Å². The third-order valence-electron chi connectivity index (χ3n) is 4.27. The molecule has 4 heteroatoms. The Morgan fingerprint density at radius 2 is 2.19 bits per heavy atom. The number of allylic oxidation sites excluding steroid dienone is 1. The predicted octanol–water partition coefficient (Wildman–Crippen LogP) is 2.78. The topological polar surface area (TPSA) is 49.3 Å². The summed E-state index contributed by atoms with van der Waals surface area (Å²) in [6.45, 7) is 5.34. The summed E-state index contributed by atoms with van der Waals surface area (Å²) in [5.74, 6) is -0.459. The Bertz CT molecular complexity index is 514. The molecule has 2 rings (SSSR count). The highest BCUT2D eigenvalue weighted by atomic mass is 19.1. The summed E-state index contributed by atoms with van der Waals surface area (Å²) >= 11 is 0. The second-order valence-corrected chi connectivity index (χ2v) is 5.87. The number of carbonyl (C=O) groups is 1. The first kappa shape index (κ1) is 15.7. The molecule has 1 fully saturated rings. The molecule has 3 nitrogen and oxygen atoms in total. The predicted molar refractivity (Wildman–Crippen MR) is 80.9 cm³/mol. The highest BCUT2D eigenvalue weighted by Gasteiger charge is 2.39. The Hall–Kier alpha value is -1.68. The molecule has 0 aromatic heterocycles. The molecule has 0 aliphatic heterocycles. The fourth-order valence-corrected chi connectivity index (χ4v) is 2.84. The highest BCUT2D eigenvalue weighted by molar-refractivity contribution is 5.94. The standard InChI is InChI=1S/C17H22FNO2/c1-3-17(18)9-8-15(14(10-17)11-20)19-16(21)13-6-4-12(2)5-7-13/h3-7,14-15,20H,1,8-11H2,2H3,(H,19,21)/t14-,15-,17?/m1/s1. The number of aliphatic hydroxyl groups excluding tert-OH is 1. The number of rotatable bonds is 4. The summed E-state index contributed by atoms with van der Waals surface area (Å²) in [6, 6.07) is 7.09. The second-order valence-electron chi connectivity index (χ2n) is 5.87. The Labute approximate surface area is 124 Å². The summed E-state index contributed by atoms with van der Waals surface area (Å²) in [4.78, 5) is 12.2. The van der Waals surface area contributed by atoms with Crippen molar-refractivity contribution in [2.45, 2.75) is 37.9 Å². The molecule has 1 unspecified atom stereocenters. The summed E-state index contributed by atoms with van der Waals surface area (Å²) in [6.07, 6.45) is 2.34. The molecule has 1 saturated carbocycles. The average molecular weight is 291 g/mol. The van der Waals surface area contributed by atoms with Gasteiger partial charge in [0, 0.05) is 24.1 Å². The van der Waals surface area contributed by atoms with Crippen LogP contribution in [0.1, 0.15) is 35.2 Å². The van der Waals surface area contributed by atoms with Gasteiger partial charge in [0.15, 0.2) is 0 Å². The van der Waals surface area contributed by atoms with E-state index in [1.165, 1.54) is 6.08 Å². The summed E-state index contributed by atoms with van der Waals surface area (Å²) in [7, 11) is 0. The van der Waals surface area contributed by atoms with Crippen molar-refractivity contribution in [3.63, 3.8) is 0 Å². The largest absolute Gasteiger partial charge is 0.396 e. The molecular weight excluding hydrogens is 269 g/mol. The minimum absolute atomic E-state index is 0.141. The molecule has 21 heavy (non-hydrogen) atoms. The van der Waals surface area contributed by atoms with Crippen molar-refractivity contribution in [2.75, 3.05) is 6.61 Å². The number of aliphatic hydroxyl groups is 1. The average Bonchev–Trinajstić information content (AvgIpc) is 2.49. The molecule has 0 bridgehead atoms. The first-order valence-electron chi connectivity index (χ1n) is 7.28. The Balaban J connectivity index is 2.03. The van der Waals surface area contributed by atoms with E-state index >= 15 is 0 Å². The Morgan fingerprint density at radius 1 is 1.52 bits per heavy atom. The molecule has 0 radical (unpaired) electrons. The quantitative estimate of drug-likeness (QED) is 0.838. The van der Waals surface area contributed by atoms with Crippen LogP contribution in [0.5, 0.6) is 0 Å². The third kappa shape index (κ3) is 3.70. The van der Waals surface area contributed by atoms with Crippen LogP contribution in [-0.2, 0) is 0 Å². The number of carbonyl (C=O) groups excluding carboxylic acids is 1. The van der Waals surface area contributed by atoms with Crippen molar-refractivity contribution >= 4 is 5.91 Å². The number of aryl methyl sites for hydroxylation is 1. The lowest BCUT2D eigenvalue weighted by molar-refractivity contribution is 0.0570. The van der Waals surface area contributed by atoms with E-state index < -0.39 is 5.67 Å². The van der Waals surface area contributed by atoms with Crippen LogP contribution in [0.4, 0.5) is 4.39 Å². The van der Waals surface area contributed by atoms with Gasteiger partial charge < -0.3 is 10.4 Å². The van der Waals surface area contributed by atoms with Gasteiger partial charge in [-0.1, -0.05) is 30.4 Å². The van der Waals surface area contributed by atoms with Crippen LogP contribution in [0.25, 0.3) is 0 Å². The molecule has 3 atom stereocenters. The molecule has 1 aromatic carbocycles. The van der Waals surface area contributed by atoms with E-state index in [0.29, 0.717) is 18.4 Å². The normalized spacial score (nSPS) is 28.9. The molecule has 2 N–H and O–H groups in total. The number of hydrogen-bond acceptors (Lipinski definition) is 2. The van der Waals surface area contributed by atoms with Crippen LogP contribution >= 0.6 is 0 Å². The van der Waals surface area contributed by atoms with Crippen LogP contribution in [0.15, 0.2) is 36.9 Å². The lowest BCUT2D eigenvalue weighted by atomic mass is 9.76. The lowest BCUT2D eigenvalue weighted by Gasteiger charge is -2.38. The molecule has 1 aliphatic carbocycles. The van der Waals surface area contributed by atoms with Gasteiger partial charge in [0.25, 0.3) is 5.91 Å². The van der Waals surface area contributed by atoms with E-state index in [0.717, 1.165) is 5.56 Å². The van der Waals surface area contributed by atoms with Crippen molar-refractivity contribution in [1.29, 1.82) is 0 Å². The monoisotopic (exact) mass is 291 g/mol. The van der Waals surface area contributed by atoms with Gasteiger partial charge >= 0.3 is 0 Å². The summed E-state index contributed by atoms with van der Waals surface area (Å²) < 4.78 is 14.3.